The molecule has 0 bridgehead atoms. The lowest BCUT2D eigenvalue weighted by molar-refractivity contribution is 0.393. The molecule has 5 heteroatoms. The Balaban J connectivity index is 2.32. The first-order valence-electron chi connectivity index (χ1n) is 5.50. The number of rotatable bonds is 4. The van der Waals surface area contributed by atoms with E-state index in [0.29, 0.717) is 22.4 Å². The summed E-state index contributed by atoms with van der Waals surface area (Å²) in [5.74, 6) is -1.04. The van der Waals surface area contributed by atoms with Gasteiger partial charge in [0.05, 0.1) is 7.11 Å². The summed E-state index contributed by atoms with van der Waals surface area (Å²) in [5, 5.41) is 0.375. The smallest absolute Gasteiger partial charge is 0.198 e. The van der Waals surface area contributed by atoms with Crippen LogP contribution in [0, 0.1) is 11.6 Å². The largest absolute Gasteiger partial charge is 0.497 e. The Kier molecular flexibility index (Phi) is 4.37. The number of methoxy groups -OCH3 is 1. The molecular formula is C14H11BrF2O2. The van der Waals surface area contributed by atoms with Crippen molar-refractivity contribution in [1.29, 1.82) is 0 Å². The number of halogens is 3. The standard InChI is InChI=1S/C14H11BrF2O2/c1-18-10-3-2-4-11(7-10)19-14-12(16)5-9(8-15)6-13(14)17/h2-7H,8H2,1H3. The number of hydrogen-bond donors (Lipinski definition) is 0. The van der Waals surface area contributed by atoms with Crippen LogP contribution in [0.5, 0.6) is 17.2 Å². The zero-order valence-electron chi connectivity index (χ0n) is 10.1. The van der Waals surface area contributed by atoms with Crippen LogP contribution >= 0.6 is 15.9 Å². The SMILES string of the molecule is COc1cccc(Oc2c(F)cc(CBr)cc2F)c1. The predicted molar refractivity (Wildman–Crippen MR) is 72.1 cm³/mol. The lowest BCUT2D eigenvalue weighted by atomic mass is 10.2. The van der Waals surface area contributed by atoms with Gasteiger partial charge in [-0.3, -0.25) is 0 Å². The highest BCUT2D eigenvalue weighted by atomic mass is 79.9. The second kappa shape index (κ2) is 6.02. The summed E-state index contributed by atoms with van der Waals surface area (Å²) in [4.78, 5) is 0. The van der Waals surface area contributed by atoms with Gasteiger partial charge >= 0.3 is 0 Å². The Morgan fingerprint density at radius 2 is 1.68 bits per heavy atom. The lowest BCUT2D eigenvalue weighted by Gasteiger charge is -2.10. The van der Waals surface area contributed by atoms with Gasteiger partial charge in [0.2, 0.25) is 0 Å². The van der Waals surface area contributed by atoms with E-state index in [-0.39, 0.29) is 0 Å². The molecule has 0 radical (unpaired) electrons. The molecule has 0 N–H and O–H groups in total. The van der Waals surface area contributed by atoms with E-state index in [1.165, 1.54) is 19.2 Å². The van der Waals surface area contributed by atoms with Gasteiger partial charge in [-0.25, -0.2) is 8.78 Å². The zero-order valence-corrected chi connectivity index (χ0v) is 11.7. The fourth-order valence-corrected chi connectivity index (χ4v) is 1.89. The third-order valence-electron chi connectivity index (χ3n) is 2.47. The van der Waals surface area contributed by atoms with Crippen molar-refractivity contribution in [3.8, 4) is 17.2 Å². The maximum atomic E-state index is 13.7. The van der Waals surface area contributed by atoms with Crippen LogP contribution in [0.15, 0.2) is 36.4 Å². The van der Waals surface area contributed by atoms with Crippen molar-refractivity contribution >= 4 is 15.9 Å². The minimum Gasteiger partial charge on any atom is -0.497 e. The van der Waals surface area contributed by atoms with Crippen molar-refractivity contribution in [1.82, 2.24) is 0 Å². The molecule has 100 valence electrons. The monoisotopic (exact) mass is 328 g/mol. The molecule has 19 heavy (non-hydrogen) atoms. The van der Waals surface area contributed by atoms with E-state index in [0.717, 1.165) is 0 Å². The molecule has 0 unspecified atom stereocenters. The van der Waals surface area contributed by atoms with Crippen LogP contribution in [0.25, 0.3) is 0 Å². The first kappa shape index (κ1) is 13.8. The Morgan fingerprint density at radius 3 is 2.26 bits per heavy atom. The third kappa shape index (κ3) is 3.23. The van der Waals surface area contributed by atoms with Gasteiger partial charge in [-0.2, -0.15) is 0 Å². The van der Waals surface area contributed by atoms with Crippen LogP contribution in [0.3, 0.4) is 0 Å². The van der Waals surface area contributed by atoms with Crippen LogP contribution < -0.4 is 9.47 Å². The van der Waals surface area contributed by atoms with E-state index >= 15 is 0 Å². The number of hydrogen-bond acceptors (Lipinski definition) is 2. The van der Waals surface area contributed by atoms with Crippen molar-refractivity contribution in [2.75, 3.05) is 7.11 Å². The minimum absolute atomic E-state index is 0.309. The van der Waals surface area contributed by atoms with Gasteiger partial charge in [0.1, 0.15) is 11.5 Å². The Bertz CT molecular complexity index is 564. The second-order valence-corrected chi connectivity index (χ2v) is 4.36. The van der Waals surface area contributed by atoms with Gasteiger partial charge in [-0.1, -0.05) is 22.0 Å². The summed E-state index contributed by atoms with van der Waals surface area (Å²) in [7, 11) is 1.51. The predicted octanol–water partition coefficient (Wildman–Crippen LogP) is 4.66. The van der Waals surface area contributed by atoms with E-state index in [1.807, 2.05) is 0 Å². The molecule has 2 aromatic rings. The second-order valence-electron chi connectivity index (χ2n) is 3.80. The molecule has 0 fully saturated rings. The molecule has 0 saturated carbocycles. The minimum atomic E-state index is -0.739. The Morgan fingerprint density at radius 1 is 1.05 bits per heavy atom. The van der Waals surface area contributed by atoms with Gasteiger partial charge in [-0.15, -0.1) is 0 Å². The van der Waals surface area contributed by atoms with E-state index in [9.17, 15) is 8.78 Å². The molecule has 0 atom stereocenters. The summed E-state index contributed by atoms with van der Waals surface area (Å²) < 4.78 is 37.8. The molecule has 0 aliphatic rings. The van der Waals surface area contributed by atoms with Crippen molar-refractivity contribution < 1.29 is 18.3 Å². The fraction of sp³-hybridized carbons (Fsp3) is 0.143. The first-order valence-corrected chi connectivity index (χ1v) is 6.62. The summed E-state index contributed by atoms with van der Waals surface area (Å²) >= 11 is 3.15. The molecule has 0 saturated heterocycles. The van der Waals surface area contributed by atoms with Gasteiger partial charge < -0.3 is 9.47 Å². The van der Waals surface area contributed by atoms with Gasteiger partial charge in [0.25, 0.3) is 0 Å². The van der Waals surface area contributed by atoms with Crippen LogP contribution in [-0.2, 0) is 5.33 Å². The topological polar surface area (TPSA) is 18.5 Å². The average molecular weight is 329 g/mol. The Labute approximate surface area is 118 Å². The highest BCUT2D eigenvalue weighted by Crippen LogP contribution is 2.30. The van der Waals surface area contributed by atoms with Gasteiger partial charge in [-0.05, 0) is 29.8 Å². The summed E-state index contributed by atoms with van der Waals surface area (Å²) in [6.45, 7) is 0. The normalized spacial score (nSPS) is 10.3. The van der Waals surface area contributed by atoms with Gasteiger partial charge in [0, 0.05) is 11.4 Å². The van der Waals surface area contributed by atoms with Crippen LogP contribution in [0.4, 0.5) is 8.78 Å². The first-order chi connectivity index (χ1) is 9.13. The summed E-state index contributed by atoms with van der Waals surface area (Å²) in [5.41, 5.74) is 0.507. The van der Waals surface area contributed by atoms with Crippen molar-refractivity contribution in [2.45, 2.75) is 5.33 Å². The molecule has 0 spiro atoms. The lowest BCUT2D eigenvalue weighted by Crippen LogP contribution is -1.95. The average Bonchev–Trinajstić information content (AvgIpc) is 2.42. The van der Waals surface area contributed by atoms with Crippen molar-refractivity contribution in [3.05, 3.63) is 53.6 Å². The number of alkyl halides is 1. The summed E-state index contributed by atoms with van der Waals surface area (Å²) in [6, 6.07) is 9.00. The van der Waals surface area contributed by atoms with Crippen molar-refractivity contribution in [2.24, 2.45) is 0 Å². The molecule has 2 aromatic carbocycles. The molecular weight excluding hydrogens is 318 g/mol. The van der Waals surface area contributed by atoms with E-state index in [2.05, 4.69) is 15.9 Å². The molecule has 0 aliphatic carbocycles. The molecule has 0 aromatic heterocycles. The van der Waals surface area contributed by atoms with Crippen molar-refractivity contribution in [3.63, 3.8) is 0 Å². The molecule has 0 amide bonds. The quantitative estimate of drug-likeness (QED) is 0.760. The zero-order chi connectivity index (χ0) is 13.8. The highest BCUT2D eigenvalue weighted by Gasteiger charge is 2.13. The van der Waals surface area contributed by atoms with Crippen LogP contribution in [0.2, 0.25) is 0 Å². The summed E-state index contributed by atoms with van der Waals surface area (Å²) in [6.07, 6.45) is 0. The molecule has 2 nitrogen and oxygen atoms in total. The van der Waals surface area contributed by atoms with E-state index in [4.69, 9.17) is 9.47 Å². The van der Waals surface area contributed by atoms with E-state index < -0.39 is 17.4 Å². The molecule has 0 heterocycles. The Hall–Kier alpha value is -1.62. The van der Waals surface area contributed by atoms with Gasteiger partial charge in [0.15, 0.2) is 17.4 Å². The molecule has 0 aliphatic heterocycles. The maximum absolute atomic E-state index is 13.7. The third-order valence-corrected chi connectivity index (χ3v) is 3.12. The number of benzene rings is 2. The fourth-order valence-electron chi connectivity index (χ4n) is 1.57. The van der Waals surface area contributed by atoms with Crippen LogP contribution in [-0.4, -0.2) is 7.11 Å². The van der Waals surface area contributed by atoms with Crippen LogP contribution in [0.1, 0.15) is 5.56 Å². The molecule has 2 rings (SSSR count). The number of ether oxygens (including phenoxy) is 2. The highest BCUT2D eigenvalue weighted by molar-refractivity contribution is 9.08. The van der Waals surface area contributed by atoms with E-state index in [1.54, 1.807) is 24.3 Å². The maximum Gasteiger partial charge on any atom is 0.198 e.